The smallest absolute Gasteiger partial charge is 0.221 e. The Morgan fingerprint density at radius 1 is 1.27 bits per heavy atom. The second-order valence-corrected chi connectivity index (χ2v) is 5.93. The van der Waals surface area contributed by atoms with Gasteiger partial charge in [-0.3, -0.25) is 0 Å². The number of nitrogens with one attached hydrogen (secondary N) is 1. The van der Waals surface area contributed by atoms with Crippen LogP contribution < -0.4 is 10.1 Å². The molecule has 0 amide bonds. The molecule has 1 aromatic heterocycles. The van der Waals surface area contributed by atoms with Crippen molar-refractivity contribution in [2.24, 2.45) is 0 Å². The number of benzene rings is 1. The van der Waals surface area contributed by atoms with Gasteiger partial charge in [0.15, 0.2) is 0 Å². The zero-order valence-corrected chi connectivity index (χ0v) is 13.3. The predicted octanol–water partition coefficient (Wildman–Crippen LogP) is 3.46. The zero-order valence-electron chi connectivity index (χ0n) is 13.3. The van der Waals surface area contributed by atoms with Crippen LogP contribution in [0.25, 0.3) is 10.8 Å². The van der Waals surface area contributed by atoms with E-state index < -0.39 is 0 Å². The van der Waals surface area contributed by atoms with Crippen LogP contribution in [0.4, 0.5) is 0 Å². The van der Waals surface area contributed by atoms with Crippen LogP contribution >= 0.6 is 0 Å². The van der Waals surface area contributed by atoms with E-state index in [0.29, 0.717) is 19.3 Å². The van der Waals surface area contributed by atoms with Gasteiger partial charge >= 0.3 is 0 Å². The molecule has 1 fully saturated rings. The highest BCUT2D eigenvalue weighted by Gasteiger charge is 2.24. The number of methoxy groups -OCH3 is 1. The van der Waals surface area contributed by atoms with Gasteiger partial charge in [0.25, 0.3) is 0 Å². The second kappa shape index (κ2) is 7.07. The summed E-state index contributed by atoms with van der Waals surface area (Å²) in [6, 6.07) is 11.3. The molecule has 1 aliphatic carbocycles. The minimum atomic E-state index is 0.249. The lowest BCUT2D eigenvalue weighted by Gasteiger charge is -2.16. The van der Waals surface area contributed by atoms with Crippen LogP contribution in [0.3, 0.4) is 0 Å². The van der Waals surface area contributed by atoms with Gasteiger partial charge in [-0.25, -0.2) is 4.98 Å². The molecule has 3 rings (SSSR count). The number of rotatable bonds is 8. The lowest BCUT2D eigenvalue weighted by atomic mass is 10.1. The fourth-order valence-corrected chi connectivity index (χ4v) is 2.58. The van der Waals surface area contributed by atoms with Crippen LogP contribution in [0.1, 0.15) is 37.9 Å². The Balaban J connectivity index is 1.82. The van der Waals surface area contributed by atoms with Crippen molar-refractivity contribution < 1.29 is 9.47 Å². The molecule has 1 heterocycles. The van der Waals surface area contributed by atoms with Gasteiger partial charge < -0.3 is 14.8 Å². The maximum Gasteiger partial charge on any atom is 0.221 e. The van der Waals surface area contributed by atoms with Crippen molar-refractivity contribution in [1.82, 2.24) is 10.3 Å². The fraction of sp³-hybridized carbons (Fsp3) is 0.500. The first-order valence-corrected chi connectivity index (χ1v) is 8.05. The fourth-order valence-electron chi connectivity index (χ4n) is 2.58. The van der Waals surface area contributed by atoms with E-state index in [-0.39, 0.29) is 6.04 Å². The zero-order chi connectivity index (χ0) is 15.4. The van der Waals surface area contributed by atoms with Crippen molar-refractivity contribution in [3.63, 3.8) is 0 Å². The maximum absolute atomic E-state index is 5.91. The number of hydrogen-bond acceptors (Lipinski definition) is 4. The van der Waals surface area contributed by atoms with Crippen LogP contribution in [0.2, 0.25) is 0 Å². The highest BCUT2D eigenvalue weighted by Crippen LogP contribution is 2.29. The Labute approximate surface area is 131 Å². The molecule has 1 atom stereocenters. The lowest BCUT2D eigenvalue weighted by Crippen LogP contribution is -2.21. The summed E-state index contributed by atoms with van der Waals surface area (Å²) < 4.78 is 11.0. The normalized spacial score (nSPS) is 15.9. The molecule has 22 heavy (non-hydrogen) atoms. The van der Waals surface area contributed by atoms with E-state index in [0.717, 1.165) is 23.4 Å². The first kappa shape index (κ1) is 15.3. The molecule has 1 unspecified atom stereocenters. The number of hydrogen-bond donors (Lipinski definition) is 1. The summed E-state index contributed by atoms with van der Waals surface area (Å²) in [4.78, 5) is 4.75. The Kier molecular flexibility index (Phi) is 4.90. The van der Waals surface area contributed by atoms with Crippen molar-refractivity contribution >= 4 is 10.8 Å². The monoisotopic (exact) mass is 300 g/mol. The standard InChI is InChI=1S/C18H24N2O2/c1-13(19-15-8-9-15)17-12-14-6-3-4-7-16(14)18(20-17)22-11-5-10-21-2/h3-4,6-7,12-13,15,19H,5,8-11H2,1-2H3. The van der Waals surface area contributed by atoms with Crippen LogP contribution in [0, 0.1) is 0 Å². The SMILES string of the molecule is COCCCOc1nc(C(C)NC2CC2)cc2ccccc12. The van der Waals surface area contributed by atoms with Gasteiger partial charge in [-0.2, -0.15) is 0 Å². The highest BCUT2D eigenvalue weighted by atomic mass is 16.5. The Bertz CT molecular complexity index is 626. The molecule has 1 aromatic carbocycles. The average Bonchev–Trinajstić information content (AvgIpc) is 3.35. The van der Waals surface area contributed by atoms with Crippen LogP contribution in [-0.4, -0.2) is 31.3 Å². The molecule has 4 heteroatoms. The van der Waals surface area contributed by atoms with Gasteiger partial charge in [-0.05, 0) is 37.3 Å². The molecule has 0 bridgehead atoms. The van der Waals surface area contributed by atoms with E-state index in [2.05, 4.69) is 36.5 Å². The van der Waals surface area contributed by atoms with Crippen molar-refractivity contribution in [3.8, 4) is 5.88 Å². The van der Waals surface area contributed by atoms with Gasteiger partial charge in [0.1, 0.15) is 0 Å². The topological polar surface area (TPSA) is 43.4 Å². The van der Waals surface area contributed by atoms with E-state index in [9.17, 15) is 0 Å². The minimum absolute atomic E-state index is 0.249. The first-order valence-electron chi connectivity index (χ1n) is 8.05. The third kappa shape index (κ3) is 3.76. The number of ether oxygens (including phenoxy) is 2. The third-order valence-electron chi connectivity index (χ3n) is 3.96. The summed E-state index contributed by atoms with van der Waals surface area (Å²) in [7, 11) is 1.71. The van der Waals surface area contributed by atoms with E-state index in [4.69, 9.17) is 14.5 Å². The van der Waals surface area contributed by atoms with Crippen molar-refractivity contribution in [2.45, 2.75) is 38.3 Å². The molecule has 1 aliphatic rings. The van der Waals surface area contributed by atoms with E-state index in [1.165, 1.54) is 18.2 Å². The molecule has 2 aromatic rings. The quantitative estimate of drug-likeness (QED) is 0.758. The maximum atomic E-state index is 5.91. The predicted molar refractivity (Wildman–Crippen MR) is 88.3 cm³/mol. The Hall–Kier alpha value is -1.65. The number of pyridine rings is 1. The molecule has 1 N–H and O–H groups in total. The first-order chi connectivity index (χ1) is 10.8. The summed E-state index contributed by atoms with van der Waals surface area (Å²) in [5, 5.41) is 5.85. The van der Waals surface area contributed by atoms with Gasteiger partial charge in [0.2, 0.25) is 5.88 Å². The molecule has 0 radical (unpaired) electrons. The molecule has 0 aliphatic heterocycles. The van der Waals surface area contributed by atoms with Crippen LogP contribution in [0.15, 0.2) is 30.3 Å². The van der Waals surface area contributed by atoms with Gasteiger partial charge in [-0.15, -0.1) is 0 Å². The summed E-state index contributed by atoms with van der Waals surface area (Å²) in [5.74, 6) is 0.730. The van der Waals surface area contributed by atoms with E-state index in [1.807, 2.05) is 6.07 Å². The number of nitrogens with zero attached hydrogens (tertiary/aromatic N) is 1. The van der Waals surface area contributed by atoms with Crippen molar-refractivity contribution in [2.75, 3.05) is 20.3 Å². The summed E-state index contributed by atoms with van der Waals surface area (Å²) in [6.45, 7) is 3.50. The second-order valence-electron chi connectivity index (χ2n) is 5.93. The minimum Gasteiger partial charge on any atom is -0.477 e. The third-order valence-corrected chi connectivity index (χ3v) is 3.96. The molecule has 4 nitrogen and oxygen atoms in total. The highest BCUT2D eigenvalue weighted by molar-refractivity contribution is 5.87. The lowest BCUT2D eigenvalue weighted by molar-refractivity contribution is 0.171. The van der Waals surface area contributed by atoms with Crippen molar-refractivity contribution in [3.05, 3.63) is 36.0 Å². The molecule has 0 saturated heterocycles. The van der Waals surface area contributed by atoms with Crippen LogP contribution in [0.5, 0.6) is 5.88 Å². The summed E-state index contributed by atoms with van der Waals surface area (Å²) in [5.41, 5.74) is 1.05. The van der Waals surface area contributed by atoms with Gasteiger partial charge in [0.05, 0.1) is 12.3 Å². The van der Waals surface area contributed by atoms with Crippen LogP contribution in [-0.2, 0) is 4.74 Å². The van der Waals surface area contributed by atoms with E-state index >= 15 is 0 Å². The van der Waals surface area contributed by atoms with Crippen molar-refractivity contribution in [1.29, 1.82) is 0 Å². The summed E-state index contributed by atoms with van der Waals surface area (Å²) >= 11 is 0. The molecule has 0 spiro atoms. The molecular weight excluding hydrogens is 276 g/mol. The molecule has 118 valence electrons. The summed E-state index contributed by atoms with van der Waals surface area (Å²) in [6.07, 6.45) is 3.42. The average molecular weight is 300 g/mol. The number of aromatic nitrogens is 1. The number of fused-ring (bicyclic) bond motifs is 1. The Morgan fingerprint density at radius 2 is 2.09 bits per heavy atom. The Morgan fingerprint density at radius 3 is 2.86 bits per heavy atom. The van der Waals surface area contributed by atoms with Gasteiger partial charge in [-0.1, -0.05) is 18.2 Å². The largest absolute Gasteiger partial charge is 0.477 e. The van der Waals surface area contributed by atoms with Gasteiger partial charge in [0, 0.05) is 37.6 Å². The van der Waals surface area contributed by atoms with E-state index in [1.54, 1.807) is 7.11 Å². The molecular formula is C18H24N2O2. The molecule has 1 saturated carbocycles.